The Bertz CT molecular complexity index is 552. The second kappa shape index (κ2) is 3.39. The quantitative estimate of drug-likeness (QED) is 0.613. The summed E-state index contributed by atoms with van der Waals surface area (Å²) in [6.07, 6.45) is 1.08. The highest BCUT2D eigenvalue weighted by molar-refractivity contribution is 7.87. The number of nitrogens with two attached hydrogens (primary N) is 1. The summed E-state index contributed by atoms with van der Waals surface area (Å²) in [5.74, 6) is 0. The molecule has 0 radical (unpaired) electrons. The Morgan fingerprint density at radius 2 is 1.94 bits per heavy atom. The number of hydrogen-bond donors (Lipinski definition) is 3. The van der Waals surface area contributed by atoms with Gasteiger partial charge in [0.1, 0.15) is 6.10 Å². The molecule has 0 fully saturated rings. The molecule has 0 heterocycles. The fraction of sp³-hybridized carbons (Fsp3) is 0.200. The third-order valence-electron chi connectivity index (χ3n) is 2.69. The molecule has 0 aliphatic heterocycles. The fourth-order valence-electron chi connectivity index (χ4n) is 1.69. The van der Waals surface area contributed by atoms with Crippen LogP contribution in [0.4, 0.5) is 0 Å². The van der Waals surface area contributed by atoms with Gasteiger partial charge in [0, 0.05) is 0 Å². The monoisotopic (exact) mass is 241 g/mol. The van der Waals surface area contributed by atoms with Gasteiger partial charge in [-0.1, -0.05) is 30.3 Å². The van der Waals surface area contributed by atoms with Crippen molar-refractivity contribution in [3.8, 4) is 0 Å². The van der Waals surface area contributed by atoms with Crippen molar-refractivity contribution in [2.24, 2.45) is 5.73 Å². The third kappa shape index (κ3) is 1.47. The molecule has 1 aliphatic rings. The zero-order valence-corrected chi connectivity index (χ0v) is 9.05. The fourth-order valence-corrected chi connectivity index (χ4v) is 2.34. The van der Waals surface area contributed by atoms with Crippen LogP contribution < -0.4 is 5.73 Å². The largest absolute Gasteiger partial charge is 0.385 e. The molecular formula is C10H11NO4S. The summed E-state index contributed by atoms with van der Waals surface area (Å²) in [4.78, 5) is -2.18. The molecule has 0 saturated heterocycles. The molecule has 4 N–H and O–H groups in total. The van der Waals surface area contributed by atoms with Crippen LogP contribution in [0.3, 0.4) is 0 Å². The van der Waals surface area contributed by atoms with E-state index < -0.39 is 21.1 Å². The number of hydrogen-bond acceptors (Lipinski definition) is 4. The second-order valence-corrected chi connectivity index (χ2v) is 5.35. The zero-order valence-electron chi connectivity index (χ0n) is 8.24. The summed E-state index contributed by atoms with van der Waals surface area (Å²) in [5.41, 5.74) is 6.58. The van der Waals surface area contributed by atoms with Gasteiger partial charge in [-0.15, -0.1) is 0 Å². The van der Waals surface area contributed by atoms with E-state index >= 15 is 0 Å². The molecule has 0 bridgehead atoms. The van der Waals surface area contributed by atoms with E-state index in [0.717, 1.165) is 6.08 Å². The Kier molecular flexibility index (Phi) is 2.39. The summed E-state index contributed by atoms with van der Waals surface area (Å²) < 4.78 is 31.3. The molecule has 1 aromatic rings. The number of fused-ring (bicyclic) bond motifs is 1. The van der Waals surface area contributed by atoms with Crippen molar-refractivity contribution >= 4 is 16.2 Å². The van der Waals surface area contributed by atoms with Crippen LogP contribution in [-0.2, 0) is 10.1 Å². The molecule has 0 spiro atoms. The first-order valence-electron chi connectivity index (χ1n) is 4.58. The van der Waals surface area contributed by atoms with Crippen molar-refractivity contribution in [1.82, 2.24) is 0 Å². The Hall–Kier alpha value is -1.21. The molecule has 86 valence electrons. The van der Waals surface area contributed by atoms with Gasteiger partial charge in [0.05, 0.1) is 0 Å². The smallest absolute Gasteiger partial charge is 0.290 e. The molecule has 0 saturated carbocycles. The van der Waals surface area contributed by atoms with Crippen LogP contribution in [0.5, 0.6) is 0 Å². The molecule has 1 aliphatic carbocycles. The maximum absolute atomic E-state index is 11.1. The van der Waals surface area contributed by atoms with Gasteiger partial charge in [0.25, 0.3) is 10.1 Å². The predicted octanol–water partition coefficient (Wildman–Crippen LogP) is 0.290. The first-order valence-corrected chi connectivity index (χ1v) is 6.02. The Morgan fingerprint density at radius 3 is 2.56 bits per heavy atom. The summed E-state index contributed by atoms with van der Waals surface area (Å²) in [7, 11) is -4.58. The van der Waals surface area contributed by atoms with Gasteiger partial charge in [-0.05, 0) is 17.2 Å². The van der Waals surface area contributed by atoms with Crippen molar-refractivity contribution in [1.29, 1.82) is 0 Å². The summed E-state index contributed by atoms with van der Waals surface area (Å²) in [6.45, 7) is 0. The predicted molar refractivity (Wildman–Crippen MR) is 58.9 cm³/mol. The molecule has 6 heteroatoms. The zero-order chi connectivity index (χ0) is 12.0. The Labute approximate surface area is 93.0 Å². The van der Waals surface area contributed by atoms with E-state index in [1.807, 2.05) is 0 Å². The number of aliphatic hydroxyl groups excluding tert-OH is 1. The number of benzene rings is 1. The molecule has 0 amide bonds. The van der Waals surface area contributed by atoms with Crippen LogP contribution in [0.2, 0.25) is 0 Å². The molecule has 2 rings (SSSR count). The van der Waals surface area contributed by atoms with Crippen LogP contribution in [0, 0.1) is 0 Å². The maximum atomic E-state index is 11.1. The second-order valence-electron chi connectivity index (χ2n) is 3.69. The van der Waals surface area contributed by atoms with Crippen molar-refractivity contribution < 1.29 is 18.1 Å². The first-order chi connectivity index (χ1) is 7.36. The normalized spacial score (nSPS) is 28.8. The SMILES string of the molecule is NC1(S(=O)(=O)O)C=Cc2ccccc2C1O. The summed E-state index contributed by atoms with van der Waals surface area (Å²) >= 11 is 0. The Morgan fingerprint density at radius 1 is 1.31 bits per heavy atom. The summed E-state index contributed by atoms with van der Waals surface area (Å²) in [5, 5.41) is 9.90. The van der Waals surface area contributed by atoms with Crippen molar-refractivity contribution in [3.63, 3.8) is 0 Å². The lowest BCUT2D eigenvalue weighted by molar-refractivity contribution is 0.139. The van der Waals surface area contributed by atoms with E-state index in [0.29, 0.717) is 11.1 Å². The highest BCUT2D eigenvalue weighted by Crippen LogP contribution is 2.36. The van der Waals surface area contributed by atoms with Gasteiger partial charge in [-0.2, -0.15) is 8.42 Å². The maximum Gasteiger partial charge on any atom is 0.290 e. The van der Waals surface area contributed by atoms with Gasteiger partial charge < -0.3 is 10.8 Å². The topological polar surface area (TPSA) is 101 Å². The lowest BCUT2D eigenvalue weighted by atomic mass is 9.91. The molecule has 16 heavy (non-hydrogen) atoms. The standard InChI is InChI=1S/C10H11NO4S/c11-10(16(13,14)15)6-5-7-3-1-2-4-8(7)9(10)12/h1-6,9,12H,11H2,(H,13,14,15). The van der Waals surface area contributed by atoms with Crippen LogP contribution in [0.25, 0.3) is 6.08 Å². The lowest BCUT2D eigenvalue weighted by Gasteiger charge is -2.32. The van der Waals surface area contributed by atoms with Crippen molar-refractivity contribution in [2.45, 2.75) is 11.0 Å². The van der Waals surface area contributed by atoms with Crippen LogP contribution in [-0.4, -0.2) is 22.9 Å². The van der Waals surface area contributed by atoms with Gasteiger partial charge in [-0.25, -0.2) is 0 Å². The van der Waals surface area contributed by atoms with Gasteiger partial charge in [0.15, 0.2) is 4.87 Å². The highest BCUT2D eigenvalue weighted by Gasteiger charge is 2.46. The average molecular weight is 241 g/mol. The molecule has 1 aromatic carbocycles. The van der Waals surface area contributed by atoms with Gasteiger partial charge in [0.2, 0.25) is 0 Å². The average Bonchev–Trinajstić information content (AvgIpc) is 2.22. The minimum absolute atomic E-state index is 0.380. The Balaban J connectivity index is 2.62. The van der Waals surface area contributed by atoms with E-state index in [4.69, 9.17) is 10.3 Å². The van der Waals surface area contributed by atoms with E-state index in [1.165, 1.54) is 6.08 Å². The van der Waals surface area contributed by atoms with Crippen LogP contribution >= 0.6 is 0 Å². The van der Waals surface area contributed by atoms with Gasteiger partial charge >= 0.3 is 0 Å². The van der Waals surface area contributed by atoms with E-state index in [2.05, 4.69) is 0 Å². The van der Waals surface area contributed by atoms with Crippen molar-refractivity contribution in [2.75, 3.05) is 0 Å². The minimum atomic E-state index is -4.58. The van der Waals surface area contributed by atoms with E-state index in [1.54, 1.807) is 24.3 Å². The molecule has 2 atom stereocenters. The van der Waals surface area contributed by atoms with E-state index in [-0.39, 0.29) is 0 Å². The minimum Gasteiger partial charge on any atom is -0.385 e. The molecule has 5 nitrogen and oxygen atoms in total. The lowest BCUT2D eigenvalue weighted by Crippen LogP contribution is -2.52. The highest BCUT2D eigenvalue weighted by atomic mass is 32.2. The third-order valence-corrected chi connectivity index (χ3v) is 3.94. The number of rotatable bonds is 1. The molecule has 2 unspecified atom stereocenters. The van der Waals surface area contributed by atoms with Gasteiger partial charge in [-0.3, -0.25) is 4.55 Å². The van der Waals surface area contributed by atoms with E-state index in [9.17, 15) is 13.5 Å². The number of aliphatic hydroxyl groups is 1. The first kappa shape index (κ1) is 11.3. The van der Waals surface area contributed by atoms with Crippen LogP contribution in [0.1, 0.15) is 17.2 Å². The summed E-state index contributed by atoms with van der Waals surface area (Å²) in [6, 6.07) is 6.70. The van der Waals surface area contributed by atoms with Crippen LogP contribution in [0.15, 0.2) is 30.3 Å². The molecular weight excluding hydrogens is 230 g/mol. The molecule has 0 aromatic heterocycles. The van der Waals surface area contributed by atoms with Crippen molar-refractivity contribution in [3.05, 3.63) is 41.5 Å².